The number of unbranched alkanes of at least 4 members (excludes halogenated alkanes) is 1. The minimum absolute atomic E-state index is 0.00706. The summed E-state index contributed by atoms with van der Waals surface area (Å²) in [6.45, 7) is 6.88. The number of hydrogen-bond acceptors (Lipinski definition) is 14. The van der Waals surface area contributed by atoms with Crippen molar-refractivity contribution in [1.29, 1.82) is 0 Å². The van der Waals surface area contributed by atoms with E-state index >= 15 is 0 Å². The molecule has 3 aromatic rings. The first-order valence-corrected chi connectivity index (χ1v) is 26.2. The van der Waals surface area contributed by atoms with E-state index < -0.39 is 132 Å². The summed E-state index contributed by atoms with van der Waals surface area (Å²) < 4.78 is 0. The minimum Gasteiger partial charge on any atom is -0.480 e. The van der Waals surface area contributed by atoms with Gasteiger partial charge in [-0.15, -0.1) is 0 Å². The molecule has 0 spiro atoms. The van der Waals surface area contributed by atoms with E-state index in [2.05, 4.69) is 57.8 Å². The fraction of sp³-hybridized carbons (Fsp3) is 0.528. The number of H-pyrrole nitrogens is 1. The van der Waals surface area contributed by atoms with Crippen molar-refractivity contribution >= 4 is 59.1 Å². The van der Waals surface area contributed by atoms with E-state index in [1.54, 1.807) is 88.4 Å². The fourth-order valence-electron chi connectivity index (χ4n) is 8.60. The van der Waals surface area contributed by atoms with Gasteiger partial charge in [-0.1, -0.05) is 88.4 Å². The zero-order valence-electron chi connectivity index (χ0n) is 44.6. The van der Waals surface area contributed by atoms with Crippen molar-refractivity contribution < 1.29 is 58.2 Å². The SMILES string of the molecule is CC(C)C[C@H](NC(=O)[C@@H](Cc1ccccc1)NC(=O)[C@H](CCCCN)NC(=O)[C@@H](Cc1ccccc1)NC(=O)[C@H](CC(N)=O)NC(=O)[C@@H](NC(=O)[C@@H]1CCCN1)C(C)C)C(=O)N[C@@H](CO)C(=O)N[C@H](Cc1cnc[nH]1)C(=O)O. The number of carboxylic acid groups (broad SMARTS) is 1. The number of nitrogens with zero attached hydrogens (tertiary/aromatic N) is 1. The molecule has 1 aliphatic heterocycles. The summed E-state index contributed by atoms with van der Waals surface area (Å²) in [6, 6.07) is 5.36. The van der Waals surface area contributed by atoms with Crippen LogP contribution in [-0.2, 0) is 67.2 Å². The summed E-state index contributed by atoms with van der Waals surface area (Å²) in [5, 5.41) is 43.8. The second-order valence-electron chi connectivity index (χ2n) is 20.1. The number of carbonyl (C=O) groups excluding carboxylic acids is 9. The van der Waals surface area contributed by atoms with Crippen LogP contribution in [0.2, 0.25) is 0 Å². The first kappa shape index (κ1) is 62.8. The number of rotatable bonds is 33. The quantitative estimate of drug-likeness (QED) is 0.0289. The monoisotopic (exact) mass is 1090 g/mol. The van der Waals surface area contributed by atoms with Crippen molar-refractivity contribution in [3.8, 4) is 0 Å². The van der Waals surface area contributed by atoms with E-state index in [0.29, 0.717) is 42.6 Å². The Morgan fingerprint density at radius 1 is 0.628 bits per heavy atom. The number of carboxylic acids is 1. The number of hydrogen-bond donors (Lipinski definition) is 14. The van der Waals surface area contributed by atoms with Gasteiger partial charge in [0.25, 0.3) is 0 Å². The van der Waals surface area contributed by atoms with E-state index in [1.165, 1.54) is 12.5 Å². The van der Waals surface area contributed by atoms with E-state index in [-0.39, 0.29) is 44.6 Å². The highest BCUT2D eigenvalue weighted by Crippen LogP contribution is 2.13. The number of nitrogens with one attached hydrogen (secondary N) is 10. The lowest BCUT2D eigenvalue weighted by Crippen LogP contribution is -2.61. The molecule has 9 amide bonds. The Balaban J connectivity index is 1.59. The molecular formula is C53H77N13O12. The minimum atomic E-state index is -1.64. The first-order chi connectivity index (χ1) is 37.2. The molecule has 0 unspecified atom stereocenters. The molecule has 2 aromatic carbocycles. The molecule has 1 aliphatic rings. The zero-order chi connectivity index (χ0) is 57.3. The van der Waals surface area contributed by atoms with Crippen LogP contribution in [0, 0.1) is 11.8 Å². The average molecular weight is 1090 g/mol. The number of aromatic amines is 1. The molecule has 4 rings (SSSR count). The molecule has 0 bridgehead atoms. The van der Waals surface area contributed by atoms with Crippen LogP contribution in [0.5, 0.6) is 0 Å². The molecule has 1 fully saturated rings. The van der Waals surface area contributed by atoms with Gasteiger partial charge in [-0.2, -0.15) is 0 Å². The van der Waals surface area contributed by atoms with Gasteiger partial charge in [-0.05, 0) is 74.6 Å². The third-order valence-corrected chi connectivity index (χ3v) is 12.8. The fourth-order valence-corrected chi connectivity index (χ4v) is 8.60. The summed E-state index contributed by atoms with van der Waals surface area (Å²) in [6.07, 6.45) is 3.74. The molecule has 426 valence electrons. The van der Waals surface area contributed by atoms with Crippen LogP contribution in [0.25, 0.3) is 0 Å². The lowest BCUT2D eigenvalue weighted by molar-refractivity contribution is -0.142. The van der Waals surface area contributed by atoms with Crippen LogP contribution < -0.4 is 59.3 Å². The van der Waals surface area contributed by atoms with Crippen molar-refractivity contribution in [2.75, 3.05) is 19.7 Å². The number of aliphatic hydroxyl groups is 1. The number of aliphatic hydroxyl groups excluding tert-OH is 1. The molecule has 0 radical (unpaired) electrons. The second kappa shape index (κ2) is 32.1. The largest absolute Gasteiger partial charge is 0.480 e. The maximum Gasteiger partial charge on any atom is 0.326 e. The molecule has 0 saturated carbocycles. The van der Waals surface area contributed by atoms with Crippen LogP contribution in [-0.4, -0.2) is 153 Å². The number of aliphatic carboxylic acids is 1. The number of amides is 9. The van der Waals surface area contributed by atoms with Crippen LogP contribution >= 0.6 is 0 Å². The third-order valence-electron chi connectivity index (χ3n) is 12.8. The Morgan fingerprint density at radius 2 is 1.13 bits per heavy atom. The molecule has 16 N–H and O–H groups in total. The zero-order valence-corrected chi connectivity index (χ0v) is 44.6. The van der Waals surface area contributed by atoms with Crippen LogP contribution in [0.15, 0.2) is 73.2 Å². The average Bonchev–Trinajstić information content (AvgIpc) is 4.14. The van der Waals surface area contributed by atoms with Gasteiger partial charge >= 0.3 is 5.97 Å². The van der Waals surface area contributed by atoms with E-state index in [9.17, 15) is 58.2 Å². The van der Waals surface area contributed by atoms with E-state index in [0.717, 1.165) is 6.42 Å². The Kier molecular flexibility index (Phi) is 25.8. The Labute approximate surface area is 453 Å². The van der Waals surface area contributed by atoms with Gasteiger partial charge in [0, 0.05) is 31.2 Å². The number of nitrogens with two attached hydrogens (primary N) is 2. The van der Waals surface area contributed by atoms with Crippen LogP contribution in [0.3, 0.4) is 0 Å². The van der Waals surface area contributed by atoms with Gasteiger partial charge in [0.05, 0.1) is 25.4 Å². The van der Waals surface area contributed by atoms with Gasteiger partial charge in [-0.3, -0.25) is 43.2 Å². The Bertz CT molecular complexity index is 2460. The van der Waals surface area contributed by atoms with Crippen molar-refractivity contribution in [3.63, 3.8) is 0 Å². The molecule has 0 aliphatic carbocycles. The molecule has 25 nitrogen and oxygen atoms in total. The van der Waals surface area contributed by atoms with Crippen molar-refractivity contribution in [3.05, 3.63) is 90.0 Å². The van der Waals surface area contributed by atoms with Crippen LogP contribution in [0.4, 0.5) is 0 Å². The number of primary amides is 1. The number of imidazole rings is 1. The summed E-state index contributed by atoms with van der Waals surface area (Å²) >= 11 is 0. The van der Waals surface area contributed by atoms with Gasteiger partial charge < -0.3 is 74.5 Å². The molecule has 9 atom stereocenters. The summed E-state index contributed by atoms with van der Waals surface area (Å²) in [5.74, 6) is -9.56. The highest BCUT2D eigenvalue weighted by Gasteiger charge is 2.37. The van der Waals surface area contributed by atoms with Crippen LogP contribution in [0.1, 0.15) is 89.5 Å². The van der Waals surface area contributed by atoms with E-state index in [1.807, 2.05) is 0 Å². The lowest BCUT2D eigenvalue weighted by Gasteiger charge is -2.29. The summed E-state index contributed by atoms with van der Waals surface area (Å²) in [7, 11) is 0. The third kappa shape index (κ3) is 21.0. The van der Waals surface area contributed by atoms with Gasteiger partial charge in [0.2, 0.25) is 53.2 Å². The normalized spacial score (nSPS) is 16.2. The molecule has 2 heterocycles. The molecule has 78 heavy (non-hydrogen) atoms. The van der Waals surface area contributed by atoms with E-state index in [4.69, 9.17) is 11.5 Å². The van der Waals surface area contributed by atoms with Crippen molar-refractivity contribution in [2.45, 2.75) is 146 Å². The predicted octanol–water partition coefficient (Wildman–Crippen LogP) is -2.15. The van der Waals surface area contributed by atoms with Crippen molar-refractivity contribution in [1.82, 2.24) is 57.8 Å². The smallest absolute Gasteiger partial charge is 0.326 e. The predicted molar refractivity (Wildman–Crippen MR) is 285 cm³/mol. The maximum absolute atomic E-state index is 14.5. The summed E-state index contributed by atoms with van der Waals surface area (Å²) in [5.41, 5.74) is 13.0. The Morgan fingerprint density at radius 3 is 1.62 bits per heavy atom. The standard InChI is InChI=1S/C53H77N13O12/c1-30(2)22-37(47(71)65-42(28-67)51(75)64-41(53(77)78)25-34-27-56-29-58-34)60-49(73)39(24-33-16-9-6-10-17-33)61-46(70)36(18-11-12-20-54)59-48(72)38(23-32-14-7-5-8-15-32)62-50(74)40(26-43(55)68)63-52(76)44(31(3)4)66-45(69)35-19-13-21-57-35/h5-10,14-17,27,29-31,35-42,44,57,67H,11-13,18-26,28,54H2,1-4H3,(H2,55,68)(H,56,58)(H,59,72)(H,60,73)(H,61,70)(H,62,74)(H,63,76)(H,64,75)(H,65,71)(H,66,69)(H,77,78)/t35-,36-,37-,38+,39+,40-,41+,42-,44-/m0/s1. The number of aromatic nitrogens is 2. The van der Waals surface area contributed by atoms with Gasteiger partial charge in [-0.25, -0.2) is 9.78 Å². The number of carbonyl (C=O) groups is 10. The highest BCUT2D eigenvalue weighted by atomic mass is 16.4. The van der Waals surface area contributed by atoms with Crippen molar-refractivity contribution in [2.24, 2.45) is 23.3 Å². The lowest BCUT2D eigenvalue weighted by atomic mass is 10.00. The number of benzene rings is 2. The van der Waals surface area contributed by atoms with Gasteiger partial charge in [0.15, 0.2) is 0 Å². The Hall–Kier alpha value is -7.77. The topological polar surface area (TPSA) is 400 Å². The molecule has 1 saturated heterocycles. The maximum atomic E-state index is 14.5. The van der Waals surface area contributed by atoms with Gasteiger partial charge in [0.1, 0.15) is 48.3 Å². The molecule has 1 aromatic heterocycles. The molecule has 25 heteroatoms. The highest BCUT2D eigenvalue weighted by molar-refractivity contribution is 5.99. The second-order valence-corrected chi connectivity index (χ2v) is 20.1. The molecular weight excluding hydrogens is 1010 g/mol. The first-order valence-electron chi connectivity index (χ1n) is 26.2. The summed E-state index contributed by atoms with van der Waals surface area (Å²) in [4.78, 5) is 143.